The van der Waals surface area contributed by atoms with Gasteiger partial charge in [-0.1, -0.05) is 0 Å². The van der Waals surface area contributed by atoms with Crippen LogP contribution in [0.1, 0.15) is 26.7 Å². The zero-order valence-electron chi connectivity index (χ0n) is 12.5. The molecule has 1 aliphatic heterocycles. The van der Waals surface area contributed by atoms with E-state index in [-0.39, 0.29) is 0 Å². The Labute approximate surface area is 121 Å². The normalized spacial score (nSPS) is 20.4. The second kappa shape index (κ2) is 5.52. The van der Waals surface area contributed by atoms with E-state index in [0.29, 0.717) is 12.1 Å². The molecule has 0 bridgehead atoms. The molecule has 0 unspecified atom stereocenters. The fourth-order valence-electron chi connectivity index (χ4n) is 2.70. The zero-order chi connectivity index (χ0) is 14.1. The quantitative estimate of drug-likeness (QED) is 0.856. The Morgan fingerprint density at radius 3 is 2.40 bits per heavy atom. The van der Waals surface area contributed by atoms with Crippen molar-refractivity contribution >= 4 is 11.4 Å². The summed E-state index contributed by atoms with van der Waals surface area (Å²) < 4.78 is 5.80. The van der Waals surface area contributed by atoms with Crippen LogP contribution < -0.4 is 15.4 Å². The molecular formula is C16H25N3O. The van der Waals surface area contributed by atoms with Gasteiger partial charge >= 0.3 is 0 Å². The van der Waals surface area contributed by atoms with Crippen molar-refractivity contribution in [3.63, 3.8) is 0 Å². The van der Waals surface area contributed by atoms with Gasteiger partial charge in [0.25, 0.3) is 0 Å². The number of anilines is 2. The van der Waals surface area contributed by atoms with E-state index in [9.17, 15) is 0 Å². The molecule has 4 nitrogen and oxygen atoms in total. The summed E-state index contributed by atoms with van der Waals surface area (Å²) in [5.74, 6) is 0.845. The summed E-state index contributed by atoms with van der Waals surface area (Å²) in [6, 6.07) is 6.86. The van der Waals surface area contributed by atoms with Gasteiger partial charge in [-0.15, -0.1) is 0 Å². The van der Waals surface area contributed by atoms with E-state index in [2.05, 4.69) is 35.8 Å². The Morgan fingerprint density at radius 2 is 1.85 bits per heavy atom. The molecule has 2 fully saturated rings. The highest BCUT2D eigenvalue weighted by molar-refractivity contribution is 5.63. The van der Waals surface area contributed by atoms with Crippen molar-refractivity contribution in [2.75, 3.05) is 36.8 Å². The lowest BCUT2D eigenvalue weighted by Gasteiger charge is -2.38. The van der Waals surface area contributed by atoms with E-state index in [0.717, 1.165) is 37.6 Å². The van der Waals surface area contributed by atoms with E-state index >= 15 is 0 Å². The average Bonchev–Trinajstić information content (AvgIpc) is 3.25. The maximum atomic E-state index is 6.12. The summed E-state index contributed by atoms with van der Waals surface area (Å²) in [7, 11) is 0. The van der Waals surface area contributed by atoms with Crippen molar-refractivity contribution in [2.45, 2.75) is 38.8 Å². The Bertz CT molecular complexity index is 463. The highest BCUT2D eigenvalue weighted by Crippen LogP contribution is 2.33. The van der Waals surface area contributed by atoms with Crippen LogP contribution in [0.15, 0.2) is 18.2 Å². The number of ether oxygens (including phenoxy) is 1. The van der Waals surface area contributed by atoms with Crippen LogP contribution in [0.25, 0.3) is 0 Å². The molecule has 0 atom stereocenters. The summed E-state index contributed by atoms with van der Waals surface area (Å²) in [6.07, 6.45) is 2.73. The minimum Gasteiger partial charge on any atom is -0.488 e. The first-order valence-electron chi connectivity index (χ1n) is 7.68. The highest BCUT2D eigenvalue weighted by atomic mass is 16.5. The van der Waals surface area contributed by atoms with Crippen LogP contribution in [0.5, 0.6) is 5.75 Å². The van der Waals surface area contributed by atoms with Gasteiger partial charge in [0.1, 0.15) is 5.75 Å². The average molecular weight is 275 g/mol. The molecule has 0 spiro atoms. The minimum atomic E-state index is 0.401. The molecule has 3 rings (SSSR count). The van der Waals surface area contributed by atoms with Crippen molar-refractivity contribution in [3.05, 3.63) is 18.2 Å². The fourth-order valence-corrected chi connectivity index (χ4v) is 2.70. The zero-order valence-corrected chi connectivity index (χ0v) is 12.5. The first-order valence-corrected chi connectivity index (χ1v) is 7.68. The maximum Gasteiger partial charge on any atom is 0.142 e. The first kappa shape index (κ1) is 13.6. The number of nitrogens with two attached hydrogens (primary N) is 1. The van der Waals surface area contributed by atoms with Crippen LogP contribution in [0.3, 0.4) is 0 Å². The molecule has 1 aliphatic carbocycles. The minimum absolute atomic E-state index is 0.401. The third kappa shape index (κ3) is 3.01. The Kier molecular flexibility index (Phi) is 3.74. The van der Waals surface area contributed by atoms with Crippen LogP contribution in [-0.2, 0) is 0 Å². The lowest BCUT2D eigenvalue weighted by atomic mass is 10.2. The van der Waals surface area contributed by atoms with Gasteiger partial charge in [-0.3, -0.25) is 4.90 Å². The lowest BCUT2D eigenvalue weighted by molar-refractivity contribution is 0.209. The van der Waals surface area contributed by atoms with Crippen LogP contribution in [-0.4, -0.2) is 43.2 Å². The molecule has 0 radical (unpaired) electrons. The van der Waals surface area contributed by atoms with Crippen LogP contribution in [0.4, 0.5) is 11.4 Å². The third-order valence-corrected chi connectivity index (χ3v) is 4.22. The highest BCUT2D eigenvalue weighted by Gasteiger charge is 2.25. The van der Waals surface area contributed by atoms with E-state index < -0.39 is 0 Å². The first-order chi connectivity index (χ1) is 9.63. The van der Waals surface area contributed by atoms with Gasteiger partial charge in [-0.25, -0.2) is 0 Å². The molecule has 1 saturated heterocycles. The van der Waals surface area contributed by atoms with Crippen LogP contribution in [0, 0.1) is 0 Å². The van der Waals surface area contributed by atoms with Gasteiger partial charge in [0.05, 0.1) is 11.8 Å². The topological polar surface area (TPSA) is 41.7 Å². The van der Waals surface area contributed by atoms with Gasteiger partial charge in [-0.05, 0) is 44.9 Å². The van der Waals surface area contributed by atoms with E-state index in [1.54, 1.807) is 0 Å². The van der Waals surface area contributed by atoms with Crippen molar-refractivity contribution in [1.29, 1.82) is 0 Å². The summed E-state index contributed by atoms with van der Waals surface area (Å²) in [5, 5.41) is 0. The molecule has 1 heterocycles. The van der Waals surface area contributed by atoms with Gasteiger partial charge in [0.15, 0.2) is 0 Å². The standard InChI is InChI=1S/C16H25N3O/c1-12(2)18-7-9-19(10-8-18)13-3-6-16(15(17)11-13)20-14-4-5-14/h3,6,11-12,14H,4-5,7-10,17H2,1-2H3. The lowest BCUT2D eigenvalue weighted by Crippen LogP contribution is -2.48. The molecule has 2 N–H and O–H groups in total. The molecule has 1 aromatic carbocycles. The number of hydrogen-bond donors (Lipinski definition) is 1. The number of nitrogens with zero attached hydrogens (tertiary/aromatic N) is 2. The Hall–Kier alpha value is -1.42. The van der Waals surface area contributed by atoms with Gasteiger partial charge in [-0.2, -0.15) is 0 Å². The summed E-state index contributed by atoms with van der Waals surface area (Å²) in [6.45, 7) is 8.91. The van der Waals surface area contributed by atoms with Gasteiger partial charge in [0, 0.05) is 37.9 Å². The molecule has 4 heteroatoms. The second-order valence-corrected chi connectivity index (χ2v) is 6.16. The number of nitrogen functional groups attached to an aromatic ring is 1. The number of piperazine rings is 1. The van der Waals surface area contributed by atoms with E-state index in [1.807, 2.05) is 6.07 Å². The number of hydrogen-bond acceptors (Lipinski definition) is 4. The van der Waals surface area contributed by atoms with Crippen molar-refractivity contribution in [1.82, 2.24) is 4.90 Å². The molecule has 1 aromatic rings. The molecule has 2 aliphatic rings. The Morgan fingerprint density at radius 1 is 1.15 bits per heavy atom. The second-order valence-electron chi connectivity index (χ2n) is 6.16. The molecule has 0 amide bonds. The van der Waals surface area contributed by atoms with Gasteiger partial charge < -0.3 is 15.4 Å². The predicted molar refractivity (Wildman–Crippen MR) is 83.4 cm³/mol. The smallest absolute Gasteiger partial charge is 0.142 e. The number of rotatable bonds is 4. The van der Waals surface area contributed by atoms with E-state index in [4.69, 9.17) is 10.5 Å². The van der Waals surface area contributed by atoms with Crippen LogP contribution >= 0.6 is 0 Å². The largest absolute Gasteiger partial charge is 0.488 e. The Balaban J connectivity index is 1.64. The molecule has 1 saturated carbocycles. The van der Waals surface area contributed by atoms with Crippen molar-refractivity contribution < 1.29 is 4.74 Å². The number of benzene rings is 1. The summed E-state index contributed by atoms with van der Waals surface area (Å²) in [5.41, 5.74) is 8.10. The SMILES string of the molecule is CC(C)N1CCN(c2ccc(OC3CC3)c(N)c2)CC1. The van der Waals surface area contributed by atoms with Gasteiger partial charge in [0.2, 0.25) is 0 Å². The fraction of sp³-hybridized carbons (Fsp3) is 0.625. The molecule has 20 heavy (non-hydrogen) atoms. The third-order valence-electron chi connectivity index (χ3n) is 4.22. The van der Waals surface area contributed by atoms with Crippen molar-refractivity contribution in [3.8, 4) is 5.75 Å². The van der Waals surface area contributed by atoms with Crippen LogP contribution in [0.2, 0.25) is 0 Å². The maximum absolute atomic E-state index is 6.12. The molecule has 110 valence electrons. The summed E-state index contributed by atoms with van der Waals surface area (Å²) >= 11 is 0. The van der Waals surface area contributed by atoms with E-state index in [1.165, 1.54) is 18.5 Å². The molecular weight excluding hydrogens is 250 g/mol. The molecule has 0 aromatic heterocycles. The predicted octanol–water partition coefficient (Wildman–Crippen LogP) is 2.34. The summed E-state index contributed by atoms with van der Waals surface area (Å²) in [4.78, 5) is 4.93. The monoisotopic (exact) mass is 275 g/mol. The van der Waals surface area contributed by atoms with Crippen molar-refractivity contribution in [2.24, 2.45) is 0 Å².